The number of hydrogen-bond acceptors (Lipinski definition) is 5. The number of thiophene rings is 1. The molecule has 106 valence electrons. The maximum atomic E-state index is 12.2. The van der Waals surface area contributed by atoms with Crippen LogP contribution in [-0.4, -0.2) is 29.1 Å². The Labute approximate surface area is 120 Å². The summed E-state index contributed by atoms with van der Waals surface area (Å²) < 4.78 is 0. The molecule has 0 spiro atoms. The Kier molecular flexibility index (Phi) is 3.14. The number of aromatic nitrogens is 1. The van der Waals surface area contributed by atoms with Crippen LogP contribution in [0.3, 0.4) is 0 Å². The average molecular weight is 291 g/mol. The molecule has 20 heavy (non-hydrogen) atoms. The maximum absolute atomic E-state index is 12.2. The number of carbonyl (C=O) groups is 1. The van der Waals surface area contributed by atoms with E-state index in [2.05, 4.69) is 10.3 Å². The molecule has 1 fully saturated rings. The smallest absolute Gasteiger partial charge is 0.263 e. The third-order valence-corrected chi connectivity index (χ3v) is 4.97. The van der Waals surface area contributed by atoms with Crippen molar-refractivity contribution in [3.05, 3.63) is 22.7 Å². The van der Waals surface area contributed by atoms with Crippen molar-refractivity contribution >= 4 is 33.1 Å². The van der Waals surface area contributed by atoms with Gasteiger partial charge in [0.2, 0.25) is 0 Å². The van der Waals surface area contributed by atoms with Gasteiger partial charge in [-0.25, -0.2) is 4.98 Å². The quantitative estimate of drug-likeness (QED) is 0.800. The molecule has 0 radical (unpaired) electrons. The van der Waals surface area contributed by atoms with Gasteiger partial charge in [0.15, 0.2) is 0 Å². The highest BCUT2D eigenvalue weighted by atomic mass is 32.1. The van der Waals surface area contributed by atoms with Gasteiger partial charge in [-0.05, 0) is 31.9 Å². The van der Waals surface area contributed by atoms with Crippen molar-refractivity contribution in [2.45, 2.75) is 19.8 Å². The van der Waals surface area contributed by atoms with Gasteiger partial charge in [-0.2, -0.15) is 0 Å². The first kappa shape index (κ1) is 13.3. The van der Waals surface area contributed by atoms with Gasteiger partial charge in [-0.15, -0.1) is 11.3 Å². The maximum Gasteiger partial charge on any atom is 0.263 e. The Hall–Kier alpha value is -1.66. The number of nitrogens with zero attached hydrogens (tertiary/aromatic N) is 1. The summed E-state index contributed by atoms with van der Waals surface area (Å²) in [5.74, 6) is -0.178. The van der Waals surface area contributed by atoms with Crippen LogP contribution >= 0.6 is 11.3 Å². The second kappa shape index (κ2) is 4.71. The lowest BCUT2D eigenvalue weighted by Gasteiger charge is -2.12. The second-order valence-electron chi connectivity index (χ2n) is 5.49. The molecule has 0 atom stereocenters. The van der Waals surface area contributed by atoms with E-state index in [9.17, 15) is 9.90 Å². The monoisotopic (exact) mass is 291 g/mol. The highest BCUT2D eigenvalue weighted by Gasteiger charge is 2.42. The van der Waals surface area contributed by atoms with Gasteiger partial charge in [0, 0.05) is 23.0 Å². The number of nitrogens with one attached hydrogen (secondary N) is 1. The van der Waals surface area contributed by atoms with Crippen LogP contribution in [-0.2, 0) is 0 Å². The van der Waals surface area contributed by atoms with Crippen LogP contribution in [0.4, 0.5) is 5.69 Å². The summed E-state index contributed by atoms with van der Waals surface area (Å²) in [6.45, 7) is 2.53. The number of aliphatic hydroxyl groups is 1. The highest BCUT2D eigenvalue weighted by molar-refractivity contribution is 7.21. The van der Waals surface area contributed by atoms with Crippen molar-refractivity contribution in [3.63, 3.8) is 0 Å². The number of fused-ring (bicyclic) bond motifs is 1. The van der Waals surface area contributed by atoms with Crippen molar-refractivity contribution < 1.29 is 9.90 Å². The SMILES string of the molecule is Cc1ccc2c(N)c(C(=O)NCC3(CO)CC3)sc2n1. The van der Waals surface area contributed by atoms with Crippen LogP contribution in [0.15, 0.2) is 12.1 Å². The van der Waals surface area contributed by atoms with Crippen LogP contribution in [0.25, 0.3) is 10.2 Å². The molecule has 2 aromatic rings. The summed E-state index contributed by atoms with van der Waals surface area (Å²) in [6.07, 6.45) is 1.93. The van der Waals surface area contributed by atoms with Gasteiger partial charge >= 0.3 is 0 Å². The van der Waals surface area contributed by atoms with Crippen LogP contribution in [0.5, 0.6) is 0 Å². The van der Waals surface area contributed by atoms with Crippen molar-refractivity contribution in [3.8, 4) is 0 Å². The summed E-state index contributed by atoms with van der Waals surface area (Å²) in [5, 5.41) is 13.0. The number of rotatable bonds is 4. The van der Waals surface area contributed by atoms with Gasteiger partial charge in [-0.3, -0.25) is 4.79 Å². The fourth-order valence-electron chi connectivity index (χ4n) is 2.17. The van der Waals surface area contributed by atoms with Crippen LogP contribution < -0.4 is 11.1 Å². The number of aryl methyl sites for hydroxylation is 1. The zero-order valence-electron chi connectivity index (χ0n) is 11.3. The number of anilines is 1. The van der Waals surface area contributed by atoms with E-state index in [1.165, 1.54) is 11.3 Å². The molecular formula is C14H17N3O2S. The Morgan fingerprint density at radius 3 is 2.95 bits per heavy atom. The lowest BCUT2D eigenvalue weighted by atomic mass is 10.1. The van der Waals surface area contributed by atoms with Crippen LogP contribution in [0, 0.1) is 12.3 Å². The second-order valence-corrected chi connectivity index (χ2v) is 6.49. The van der Waals surface area contributed by atoms with Gasteiger partial charge in [0.05, 0.1) is 12.3 Å². The first-order valence-corrected chi connectivity index (χ1v) is 7.41. The zero-order valence-corrected chi connectivity index (χ0v) is 12.1. The molecular weight excluding hydrogens is 274 g/mol. The minimum atomic E-state index is -0.178. The Morgan fingerprint density at radius 2 is 2.30 bits per heavy atom. The zero-order chi connectivity index (χ0) is 14.3. The van der Waals surface area contributed by atoms with Gasteiger partial charge in [0.1, 0.15) is 9.71 Å². The summed E-state index contributed by atoms with van der Waals surface area (Å²) in [4.78, 5) is 17.9. The number of pyridine rings is 1. The molecule has 1 aliphatic rings. The topological polar surface area (TPSA) is 88.2 Å². The molecule has 0 aromatic carbocycles. The number of amides is 1. The van der Waals surface area contributed by atoms with E-state index in [0.29, 0.717) is 17.1 Å². The van der Waals surface area contributed by atoms with E-state index >= 15 is 0 Å². The molecule has 6 heteroatoms. The van der Waals surface area contributed by atoms with Crippen molar-refractivity contribution in [2.75, 3.05) is 18.9 Å². The largest absolute Gasteiger partial charge is 0.397 e. The number of hydrogen-bond donors (Lipinski definition) is 3. The van der Waals surface area contributed by atoms with Crippen molar-refractivity contribution in [2.24, 2.45) is 5.41 Å². The summed E-state index contributed by atoms with van der Waals surface area (Å²) in [5.41, 5.74) is 7.33. The predicted molar refractivity (Wildman–Crippen MR) is 79.9 cm³/mol. The minimum absolute atomic E-state index is 0.101. The first-order chi connectivity index (χ1) is 9.54. The minimum Gasteiger partial charge on any atom is -0.397 e. The fourth-order valence-corrected chi connectivity index (χ4v) is 3.23. The molecule has 2 aromatic heterocycles. The molecule has 5 nitrogen and oxygen atoms in total. The average Bonchev–Trinajstić information content (AvgIpc) is 3.15. The van der Waals surface area contributed by atoms with E-state index < -0.39 is 0 Å². The Balaban J connectivity index is 1.82. The number of nitrogens with two attached hydrogens (primary N) is 1. The molecule has 3 rings (SSSR count). The molecule has 1 aliphatic carbocycles. The summed E-state index contributed by atoms with van der Waals surface area (Å²) in [6, 6.07) is 3.79. The van der Waals surface area contributed by atoms with Crippen molar-refractivity contribution in [1.29, 1.82) is 0 Å². The molecule has 2 heterocycles. The van der Waals surface area contributed by atoms with Crippen molar-refractivity contribution in [1.82, 2.24) is 10.3 Å². The highest BCUT2D eigenvalue weighted by Crippen LogP contribution is 2.44. The van der Waals surface area contributed by atoms with E-state index in [1.807, 2.05) is 19.1 Å². The Bertz CT molecular complexity index is 676. The third kappa shape index (κ3) is 2.25. The van der Waals surface area contributed by atoms with Crippen LogP contribution in [0.2, 0.25) is 0 Å². The predicted octanol–water partition coefficient (Wildman–Crippen LogP) is 1.69. The lowest BCUT2D eigenvalue weighted by Crippen LogP contribution is -2.31. The lowest BCUT2D eigenvalue weighted by molar-refractivity contribution is 0.0940. The van der Waals surface area contributed by atoms with E-state index in [-0.39, 0.29) is 17.9 Å². The van der Waals surface area contributed by atoms with E-state index in [1.54, 1.807) is 0 Å². The number of nitrogen functional groups attached to an aromatic ring is 1. The summed E-state index contributed by atoms with van der Waals surface area (Å²) in [7, 11) is 0. The van der Waals surface area contributed by atoms with Gasteiger partial charge in [0.25, 0.3) is 5.91 Å². The Morgan fingerprint density at radius 1 is 1.55 bits per heavy atom. The normalized spacial score (nSPS) is 16.3. The van der Waals surface area contributed by atoms with E-state index in [0.717, 1.165) is 28.8 Å². The number of aliphatic hydroxyl groups excluding tert-OH is 1. The molecule has 1 saturated carbocycles. The summed E-state index contributed by atoms with van der Waals surface area (Å²) >= 11 is 1.31. The molecule has 0 unspecified atom stereocenters. The molecule has 0 aliphatic heterocycles. The van der Waals surface area contributed by atoms with E-state index in [4.69, 9.17) is 5.73 Å². The third-order valence-electron chi connectivity index (χ3n) is 3.86. The fraction of sp³-hybridized carbons (Fsp3) is 0.429. The number of carbonyl (C=O) groups excluding carboxylic acids is 1. The molecule has 1 amide bonds. The first-order valence-electron chi connectivity index (χ1n) is 6.59. The van der Waals surface area contributed by atoms with Gasteiger partial charge < -0.3 is 16.2 Å². The standard InChI is InChI=1S/C14H17N3O2S/c1-8-2-3-9-10(15)11(20-13(9)17-8)12(19)16-6-14(7-18)4-5-14/h2-3,18H,4-7,15H2,1H3,(H,16,19). The van der Waals surface area contributed by atoms with Gasteiger partial charge in [-0.1, -0.05) is 0 Å². The van der Waals surface area contributed by atoms with Crippen LogP contribution in [0.1, 0.15) is 28.2 Å². The molecule has 0 bridgehead atoms. The molecule has 0 saturated heterocycles. The molecule has 4 N–H and O–H groups in total.